The Balaban J connectivity index is 0.674. The number of fused-ring (bicyclic) bond motifs is 2. The van der Waals surface area contributed by atoms with Crippen LogP contribution >= 0.6 is 11.8 Å². The summed E-state index contributed by atoms with van der Waals surface area (Å²) in [5.41, 5.74) is 10.1. The van der Waals surface area contributed by atoms with E-state index in [0.717, 1.165) is 21.8 Å². The van der Waals surface area contributed by atoms with E-state index < -0.39 is 11.9 Å². The lowest BCUT2D eigenvalue weighted by Gasteiger charge is -2.32. The average molecular weight is 879 g/mol. The van der Waals surface area contributed by atoms with Crippen LogP contribution in [0.5, 0.6) is 11.5 Å². The number of hydrogen-bond acceptors (Lipinski definition) is 14. The molecule has 0 bridgehead atoms. The van der Waals surface area contributed by atoms with Crippen molar-refractivity contribution in [3.63, 3.8) is 0 Å². The Morgan fingerprint density at radius 2 is 1.49 bits per heavy atom. The summed E-state index contributed by atoms with van der Waals surface area (Å²) in [4.78, 5) is 63.1. The molecule has 17 nitrogen and oxygen atoms in total. The van der Waals surface area contributed by atoms with Gasteiger partial charge in [0, 0.05) is 47.8 Å². The molecular weight excluding hydrogens is 829 g/mol. The van der Waals surface area contributed by atoms with Crippen LogP contribution in [0.1, 0.15) is 47.6 Å². The van der Waals surface area contributed by atoms with Gasteiger partial charge in [-0.25, -0.2) is 14.6 Å². The van der Waals surface area contributed by atoms with E-state index in [4.69, 9.17) is 34.5 Å². The molecule has 0 saturated carbocycles. The Hall–Kier alpha value is -5.92. The normalized spacial score (nSPS) is 16.8. The molecule has 0 spiro atoms. The number of amides is 4. The molecule has 5 heterocycles. The van der Waals surface area contributed by atoms with Crippen LogP contribution in [0, 0.1) is 0 Å². The van der Waals surface area contributed by atoms with Gasteiger partial charge in [-0.1, -0.05) is 24.3 Å². The fraction of sp³-hybridized carbons (Fsp3) is 0.400. The highest BCUT2D eigenvalue weighted by Gasteiger charge is 2.40. The van der Waals surface area contributed by atoms with Crippen molar-refractivity contribution in [3.8, 4) is 22.8 Å². The Kier molecular flexibility index (Phi) is 14.5. The van der Waals surface area contributed by atoms with Crippen LogP contribution in [0.2, 0.25) is 0 Å². The fourth-order valence-electron chi connectivity index (χ4n) is 7.93. The maximum Gasteiger partial charge on any atom is 0.255 e. The zero-order chi connectivity index (χ0) is 43.5. The van der Waals surface area contributed by atoms with Crippen molar-refractivity contribution in [3.05, 3.63) is 90.3 Å². The third-order valence-electron chi connectivity index (χ3n) is 11.2. The number of thioether (sulfide) groups is 1. The van der Waals surface area contributed by atoms with E-state index in [9.17, 15) is 19.2 Å². The van der Waals surface area contributed by atoms with Crippen molar-refractivity contribution < 1.29 is 42.9 Å². The second-order valence-corrected chi connectivity index (χ2v) is 16.4. The molecule has 3 aliphatic rings. The molecule has 1 unspecified atom stereocenters. The quantitative estimate of drug-likeness (QED) is 0.0622. The summed E-state index contributed by atoms with van der Waals surface area (Å²) in [5, 5.41) is 8.03. The van der Waals surface area contributed by atoms with Gasteiger partial charge in [-0.2, -0.15) is 5.10 Å². The van der Waals surface area contributed by atoms with Gasteiger partial charge in [-0.15, -0.1) is 11.8 Å². The van der Waals surface area contributed by atoms with Crippen LogP contribution in [0.3, 0.4) is 0 Å². The number of aromatic nitrogens is 4. The summed E-state index contributed by atoms with van der Waals surface area (Å²) in [7, 11) is 0. The Labute approximate surface area is 368 Å². The Morgan fingerprint density at radius 1 is 0.794 bits per heavy atom. The number of imide groups is 1. The molecular formula is C45H50N8O9S. The zero-order valence-corrected chi connectivity index (χ0v) is 35.6. The lowest BCUT2D eigenvalue weighted by Crippen LogP contribution is -2.52. The number of anilines is 1. The van der Waals surface area contributed by atoms with Crippen molar-refractivity contribution in [2.45, 2.75) is 49.2 Å². The van der Waals surface area contributed by atoms with E-state index in [2.05, 4.69) is 15.3 Å². The van der Waals surface area contributed by atoms with E-state index in [1.54, 1.807) is 22.7 Å². The number of nitrogens with zero attached hydrogens (tertiary/aromatic N) is 6. The van der Waals surface area contributed by atoms with Crippen LogP contribution in [0.15, 0.2) is 84.0 Å². The number of rotatable bonds is 20. The van der Waals surface area contributed by atoms with Crippen molar-refractivity contribution in [1.29, 1.82) is 0 Å². The minimum Gasteiger partial charge on any atom is -0.457 e. The molecule has 0 radical (unpaired) electrons. The van der Waals surface area contributed by atoms with Gasteiger partial charge in [0.15, 0.2) is 5.65 Å². The van der Waals surface area contributed by atoms with Crippen LogP contribution < -0.4 is 15.8 Å². The zero-order valence-electron chi connectivity index (χ0n) is 34.8. The van der Waals surface area contributed by atoms with Crippen LogP contribution in [0.4, 0.5) is 5.82 Å². The van der Waals surface area contributed by atoms with E-state index in [1.807, 2.05) is 76.3 Å². The number of ether oxygens (including phenoxy) is 5. The molecule has 330 valence electrons. The van der Waals surface area contributed by atoms with Crippen molar-refractivity contribution in [2.75, 3.05) is 77.4 Å². The van der Waals surface area contributed by atoms with Crippen LogP contribution in [0.25, 0.3) is 22.3 Å². The number of carbonyl (C=O) groups excluding carboxylic acids is 4. The molecule has 2 aromatic heterocycles. The summed E-state index contributed by atoms with van der Waals surface area (Å²) in [6, 6.07) is 22.3. The average Bonchev–Trinajstić information content (AvgIpc) is 3.86. The summed E-state index contributed by atoms with van der Waals surface area (Å²) < 4.78 is 30.5. The van der Waals surface area contributed by atoms with Gasteiger partial charge in [0.05, 0.1) is 57.7 Å². The summed E-state index contributed by atoms with van der Waals surface area (Å²) in [6.45, 7) is 4.24. The number of benzene rings is 3. The van der Waals surface area contributed by atoms with Gasteiger partial charge in [0.25, 0.3) is 5.91 Å². The molecule has 3 aliphatic heterocycles. The monoisotopic (exact) mass is 878 g/mol. The molecule has 3 aromatic carbocycles. The molecule has 0 aliphatic carbocycles. The number of hydrogen-bond donors (Lipinski definition) is 2. The number of likely N-dealkylation sites (tertiary alicyclic amines) is 1. The van der Waals surface area contributed by atoms with E-state index in [-0.39, 0.29) is 36.8 Å². The largest absolute Gasteiger partial charge is 0.457 e. The maximum atomic E-state index is 13.1. The van der Waals surface area contributed by atoms with Crippen molar-refractivity contribution >= 4 is 52.2 Å². The molecule has 1 atom stereocenters. The second-order valence-electron chi connectivity index (χ2n) is 15.2. The summed E-state index contributed by atoms with van der Waals surface area (Å²) in [5.74, 6) is 1.54. The van der Waals surface area contributed by atoms with E-state index >= 15 is 0 Å². The highest BCUT2D eigenvalue weighted by Crippen LogP contribution is 2.36. The van der Waals surface area contributed by atoms with Gasteiger partial charge in [-0.05, 0) is 73.4 Å². The molecule has 3 N–H and O–H groups in total. The molecule has 18 heteroatoms. The standard InChI is InChI=1S/C45H50N8O9S/c46-42-40-41(30-9-11-33(12-10-30)62-32-5-2-1-3-6-32)50-53(43(40)48-29-47-42)31-15-17-51(18-16-31)39(55)28-61-24-23-59-20-19-58-21-22-60-25-26-63-37-8-4-7-34-35(37)27-52(45(34)57)36-13-14-38(54)49-44(36)56/h1-12,29,31,36H,13-28H2,(H2,46,47,48)(H,49,54,56). The van der Waals surface area contributed by atoms with Gasteiger partial charge in [0.1, 0.15) is 42.0 Å². The number of para-hydroxylation sites is 1. The molecule has 2 saturated heterocycles. The number of nitrogens with one attached hydrogen (secondary N) is 1. The second kappa shape index (κ2) is 21.0. The number of piperidine rings is 2. The third-order valence-corrected chi connectivity index (χ3v) is 12.2. The predicted molar refractivity (Wildman–Crippen MR) is 233 cm³/mol. The predicted octanol–water partition coefficient (Wildman–Crippen LogP) is 4.65. The fourth-order valence-corrected chi connectivity index (χ4v) is 8.88. The maximum absolute atomic E-state index is 13.1. The SMILES string of the molecule is Nc1ncnc2c1c(-c1ccc(Oc3ccccc3)cc1)nn2C1CCN(C(=O)COCCOCCOCCOCCSc2cccc3c2CN(C2CCC(=O)NC2=O)C3=O)CC1. The van der Waals surface area contributed by atoms with Gasteiger partial charge in [0.2, 0.25) is 17.7 Å². The first-order chi connectivity index (χ1) is 30.8. The Bertz CT molecular complexity index is 2390. The number of carbonyl (C=O) groups is 4. The lowest BCUT2D eigenvalue weighted by atomic mass is 10.0. The Morgan fingerprint density at radius 3 is 2.22 bits per heavy atom. The molecule has 8 rings (SSSR count). The number of nitrogen functional groups attached to an aromatic ring is 1. The first-order valence-corrected chi connectivity index (χ1v) is 22.1. The van der Waals surface area contributed by atoms with Crippen molar-refractivity contribution in [1.82, 2.24) is 34.9 Å². The van der Waals surface area contributed by atoms with Crippen molar-refractivity contribution in [2.24, 2.45) is 0 Å². The molecule has 2 fully saturated rings. The van der Waals surface area contributed by atoms with Gasteiger partial charge in [-0.3, -0.25) is 24.5 Å². The van der Waals surface area contributed by atoms with E-state index in [0.29, 0.717) is 125 Å². The summed E-state index contributed by atoms with van der Waals surface area (Å²) >= 11 is 1.60. The first-order valence-electron chi connectivity index (χ1n) is 21.1. The molecule has 5 aromatic rings. The minimum absolute atomic E-state index is 0.0194. The van der Waals surface area contributed by atoms with Crippen LogP contribution in [-0.4, -0.2) is 131 Å². The molecule has 4 amide bonds. The minimum atomic E-state index is -0.636. The first kappa shape index (κ1) is 43.7. The van der Waals surface area contributed by atoms with E-state index in [1.165, 1.54) is 6.33 Å². The third kappa shape index (κ3) is 10.7. The smallest absolute Gasteiger partial charge is 0.255 e. The highest BCUT2D eigenvalue weighted by atomic mass is 32.2. The number of nitrogens with two attached hydrogens (primary N) is 1. The highest BCUT2D eigenvalue weighted by molar-refractivity contribution is 7.99. The van der Waals surface area contributed by atoms with Gasteiger partial charge >= 0.3 is 0 Å². The van der Waals surface area contributed by atoms with Crippen LogP contribution in [-0.2, 0) is 39.9 Å². The van der Waals surface area contributed by atoms with Gasteiger partial charge < -0.3 is 39.2 Å². The molecule has 63 heavy (non-hydrogen) atoms. The topological polar surface area (TPSA) is 203 Å². The summed E-state index contributed by atoms with van der Waals surface area (Å²) in [6.07, 6.45) is 3.42. The lowest BCUT2D eigenvalue weighted by molar-refractivity contribution is -0.138.